The molecule has 8 heteroatoms. The Morgan fingerprint density at radius 3 is 1.36 bits per heavy atom. The van der Waals surface area contributed by atoms with Gasteiger partial charge < -0.3 is 9.80 Å². The molecule has 0 unspecified atom stereocenters. The van der Waals surface area contributed by atoms with Crippen molar-refractivity contribution in [2.45, 2.75) is 34.6 Å². The fourth-order valence-electron chi connectivity index (χ4n) is 0.826. The molecule has 0 atom stereocenters. The number of rotatable bonds is 8. The molecule has 0 rings (SSSR count). The summed E-state index contributed by atoms with van der Waals surface area (Å²) in [6.45, 7) is 11.4. The first-order valence-electron chi connectivity index (χ1n) is 7.21. The average Bonchev–Trinajstić information content (AvgIpc) is 2.50. The van der Waals surface area contributed by atoms with Crippen LogP contribution in [-0.4, -0.2) is 74.2 Å². The van der Waals surface area contributed by atoms with Crippen molar-refractivity contribution in [2.24, 2.45) is 0 Å². The minimum absolute atomic E-state index is 0.247. The van der Waals surface area contributed by atoms with E-state index >= 15 is 0 Å². The van der Waals surface area contributed by atoms with Gasteiger partial charge in [0.2, 0.25) is 12.8 Å². The standard InChI is InChI=1S/C6H13NO3.C5H11NO.C3H7NO/c1-4-9-7(6(3)8)10-5-2;1-3-6(4-2)5-7;1-4(2)3-5/h4-5H2,1-3H3;5H,3-4H2,1-2H3;3H,1-2H3. The Morgan fingerprint density at radius 2 is 1.27 bits per heavy atom. The van der Waals surface area contributed by atoms with Gasteiger partial charge in [0.05, 0.1) is 13.2 Å². The molecule has 0 aromatic rings. The van der Waals surface area contributed by atoms with Gasteiger partial charge in [0.1, 0.15) is 0 Å². The van der Waals surface area contributed by atoms with Crippen molar-refractivity contribution in [2.75, 3.05) is 40.4 Å². The maximum atomic E-state index is 10.6. The number of carbonyl (C=O) groups is 3. The predicted molar refractivity (Wildman–Crippen MR) is 84.5 cm³/mol. The lowest BCUT2D eigenvalue weighted by molar-refractivity contribution is -0.337. The van der Waals surface area contributed by atoms with E-state index < -0.39 is 0 Å². The molecule has 0 heterocycles. The molecular weight excluding hydrogens is 290 g/mol. The van der Waals surface area contributed by atoms with Crippen molar-refractivity contribution in [1.82, 2.24) is 15.0 Å². The Balaban J connectivity index is -0.000000263. The van der Waals surface area contributed by atoms with Gasteiger partial charge in [-0.3, -0.25) is 14.4 Å². The van der Waals surface area contributed by atoms with Gasteiger partial charge in [-0.15, -0.1) is 0 Å². The number of nitrogens with zero attached hydrogens (tertiary/aromatic N) is 3. The van der Waals surface area contributed by atoms with E-state index in [4.69, 9.17) is 9.68 Å². The van der Waals surface area contributed by atoms with Gasteiger partial charge in [-0.2, -0.15) is 0 Å². The SMILES string of the molecule is CCN(C=O)CC.CCON(OCC)C(C)=O.CN(C)C=O. The summed E-state index contributed by atoms with van der Waals surface area (Å²) in [5.41, 5.74) is 0. The van der Waals surface area contributed by atoms with E-state index in [1.165, 1.54) is 11.8 Å². The zero-order chi connectivity index (χ0) is 18.0. The lowest BCUT2D eigenvalue weighted by Crippen LogP contribution is -2.29. The number of amides is 3. The highest BCUT2D eigenvalue weighted by molar-refractivity contribution is 5.70. The largest absolute Gasteiger partial charge is 0.351 e. The summed E-state index contributed by atoms with van der Waals surface area (Å²) < 4.78 is 0. The molecule has 0 bridgehead atoms. The van der Waals surface area contributed by atoms with Gasteiger partial charge in [0.25, 0.3) is 5.91 Å². The van der Waals surface area contributed by atoms with Crippen molar-refractivity contribution in [3.05, 3.63) is 0 Å². The molecule has 0 aromatic heterocycles. The average molecular weight is 321 g/mol. The van der Waals surface area contributed by atoms with E-state index in [-0.39, 0.29) is 5.91 Å². The van der Waals surface area contributed by atoms with E-state index in [2.05, 4.69) is 0 Å². The monoisotopic (exact) mass is 321 g/mol. The fourth-order valence-corrected chi connectivity index (χ4v) is 0.826. The van der Waals surface area contributed by atoms with Gasteiger partial charge in [-0.05, 0) is 27.7 Å². The highest BCUT2D eigenvalue weighted by Gasteiger charge is 2.06. The molecule has 8 nitrogen and oxygen atoms in total. The third kappa shape index (κ3) is 20.6. The zero-order valence-corrected chi connectivity index (χ0v) is 14.9. The van der Waals surface area contributed by atoms with Gasteiger partial charge in [0.15, 0.2) is 0 Å². The summed E-state index contributed by atoms with van der Waals surface area (Å²) in [6, 6.07) is 0. The Bertz CT molecular complexity index is 265. The lowest BCUT2D eigenvalue weighted by Gasteiger charge is -2.16. The van der Waals surface area contributed by atoms with Crippen LogP contribution < -0.4 is 0 Å². The van der Waals surface area contributed by atoms with E-state index in [1.54, 1.807) is 32.8 Å². The summed E-state index contributed by atoms with van der Waals surface area (Å²) in [5.74, 6) is -0.247. The van der Waals surface area contributed by atoms with Crippen molar-refractivity contribution < 1.29 is 24.1 Å². The molecule has 0 aromatic carbocycles. The first-order valence-corrected chi connectivity index (χ1v) is 7.21. The Hall–Kier alpha value is -1.67. The third-order valence-electron chi connectivity index (χ3n) is 1.92. The molecule has 0 saturated heterocycles. The highest BCUT2D eigenvalue weighted by Crippen LogP contribution is 1.91. The lowest BCUT2D eigenvalue weighted by atomic mass is 10.6. The summed E-state index contributed by atoms with van der Waals surface area (Å²) in [5, 5.41) is 0.889. The van der Waals surface area contributed by atoms with Crippen LogP contribution in [0.5, 0.6) is 0 Å². The minimum atomic E-state index is -0.247. The second kappa shape index (κ2) is 19.3. The van der Waals surface area contributed by atoms with Gasteiger partial charge >= 0.3 is 0 Å². The number of carbonyl (C=O) groups excluding carboxylic acids is 3. The normalized spacial score (nSPS) is 8.50. The number of hydrogen-bond donors (Lipinski definition) is 0. The molecule has 0 aliphatic heterocycles. The van der Waals surface area contributed by atoms with Crippen LogP contribution in [0.25, 0.3) is 0 Å². The smallest absolute Gasteiger partial charge is 0.270 e. The Labute approximate surface area is 133 Å². The van der Waals surface area contributed by atoms with Crippen LogP contribution in [0.3, 0.4) is 0 Å². The van der Waals surface area contributed by atoms with Crippen molar-refractivity contribution >= 4 is 18.7 Å². The van der Waals surface area contributed by atoms with E-state index in [0.717, 1.165) is 31.1 Å². The van der Waals surface area contributed by atoms with Crippen molar-refractivity contribution in [1.29, 1.82) is 0 Å². The third-order valence-corrected chi connectivity index (χ3v) is 1.92. The van der Waals surface area contributed by atoms with Gasteiger partial charge in [-0.1, -0.05) is 5.23 Å². The predicted octanol–water partition coefficient (Wildman–Crippen LogP) is 0.927. The molecular formula is C14H31N3O5. The number of hydroxylamine groups is 2. The molecule has 0 aliphatic rings. The van der Waals surface area contributed by atoms with E-state index in [9.17, 15) is 14.4 Å². The van der Waals surface area contributed by atoms with Crippen molar-refractivity contribution in [3.8, 4) is 0 Å². The van der Waals surface area contributed by atoms with Crippen LogP contribution in [-0.2, 0) is 24.1 Å². The molecule has 0 N–H and O–H groups in total. The second-order valence-electron chi connectivity index (χ2n) is 4.01. The molecule has 22 heavy (non-hydrogen) atoms. The van der Waals surface area contributed by atoms with Gasteiger partial charge in [-0.25, -0.2) is 9.68 Å². The molecule has 3 amide bonds. The minimum Gasteiger partial charge on any atom is -0.351 e. The Kier molecular flexibility index (Phi) is 22.2. The second-order valence-corrected chi connectivity index (χ2v) is 4.01. The molecule has 0 spiro atoms. The molecule has 0 radical (unpaired) electrons. The van der Waals surface area contributed by atoms with Crippen molar-refractivity contribution in [3.63, 3.8) is 0 Å². The van der Waals surface area contributed by atoms with Crippen LogP contribution in [0, 0.1) is 0 Å². The van der Waals surface area contributed by atoms with Crippen LogP contribution in [0.1, 0.15) is 34.6 Å². The van der Waals surface area contributed by atoms with E-state index in [0.29, 0.717) is 13.2 Å². The summed E-state index contributed by atoms with van der Waals surface area (Å²) in [7, 11) is 3.38. The first-order chi connectivity index (χ1) is 10.3. The Morgan fingerprint density at radius 1 is 0.909 bits per heavy atom. The molecule has 132 valence electrons. The summed E-state index contributed by atoms with van der Waals surface area (Å²) in [6.07, 6.45) is 1.61. The maximum absolute atomic E-state index is 10.6. The van der Waals surface area contributed by atoms with E-state index in [1.807, 2.05) is 13.8 Å². The van der Waals surface area contributed by atoms with Crippen LogP contribution in [0.15, 0.2) is 0 Å². The first kappa shape index (κ1) is 25.3. The fraction of sp³-hybridized carbons (Fsp3) is 0.786. The molecule has 0 fully saturated rings. The maximum Gasteiger partial charge on any atom is 0.270 e. The van der Waals surface area contributed by atoms with Crippen LogP contribution >= 0.6 is 0 Å². The molecule has 0 saturated carbocycles. The molecule has 0 aliphatic carbocycles. The number of hydrogen-bond acceptors (Lipinski definition) is 5. The van der Waals surface area contributed by atoms with Crippen LogP contribution in [0.4, 0.5) is 0 Å². The highest BCUT2D eigenvalue weighted by atomic mass is 17.0. The summed E-state index contributed by atoms with van der Waals surface area (Å²) >= 11 is 0. The van der Waals surface area contributed by atoms with Gasteiger partial charge in [0, 0.05) is 34.1 Å². The van der Waals surface area contributed by atoms with Crippen LogP contribution in [0.2, 0.25) is 0 Å². The topological polar surface area (TPSA) is 79.4 Å². The summed E-state index contributed by atoms with van der Waals surface area (Å²) in [4.78, 5) is 42.7. The quantitative estimate of drug-likeness (QED) is 0.491. The zero-order valence-electron chi connectivity index (χ0n) is 14.9.